The first kappa shape index (κ1) is 27.4. The van der Waals surface area contributed by atoms with Gasteiger partial charge in [0.2, 0.25) is 12.7 Å². The van der Waals surface area contributed by atoms with Gasteiger partial charge in [-0.15, -0.1) is 0 Å². The first-order chi connectivity index (χ1) is 21.2. The van der Waals surface area contributed by atoms with Gasteiger partial charge in [0.25, 0.3) is 0 Å². The van der Waals surface area contributed by atoms with Crippen LogP contribution in [0.3, 0.4) is 0 Å². The van der Waals surface area contributed by atoms with E-state index < -0.39 is 0 Å². The normalized spacial score (nSPS) is 16.9. The number of piperazine rings is 1. The highest BCUT2D eigenvalue weighted by Gasteiger charge is 2.23. The largest absolute Gasteiger partial charge is 0.493 e. The van der Waals surface area contributed by atoms with Crippen LogP contribution in [0.2, 0.25) is 0 Å². The van der Waals surface area contributed by atoms with Crippen LogP contribution < -0.4 is 34.1 Å². The number of fused-ring (bicyclic) bond motifs is 2. The fourth-order valence-corrected chi connectivity index (χ4v) is 5.80. The molecule has 1 N–H and O–H groups in total. The second-order valence-electron chi connectivity index (χ2n) is 10.8. The summed E-state index contributed by atoms with van der Waals surface area (Å²) in [5.74, 6) is 4.32. The van der Waals surface area contributed by atoms with Crippen molar-refractivity contribution in [2.24, 2.45) is 0 Å². The smallest absolute Gasteiger partial charge is 0.231 e. The predicted octanol–water partition coefficient (Wildman–Crippen LogP) is 4.28. The molecule has 4 aromatic rings. The van der Waals surface area contributed by atoms with Crippen LogP contribution in [0.4, 0.5) is 23.1 Å². The van der Waals surface area contributed by atoms with Gasteiger partial charge in [-0.3, -0.25) is 4.90 Å². The van der Waals surface area contributed by atoms with Crippen molar-refractivity contribution in [3.63, 3.8) is 0 Å². The molecule has 43 heavy (non-hydrogen) atoms. The van der Waals surface area contributed by atoms with Gasteiger partial charge in [-0.25, -0.2) is 4.98 Å². The molecule has 2 saturated heterocycles. The van der Waals surface area contributed by atoms with Gasteiger partial charge in [0.05, 0.1) is 33.0 Å². The Morgan fingerprint density at radius 2 is 1.51 bits per heavy atom. The van der Waals surface area contributed by atoms with Crippen LogP contribution in [-0.2, 0) is 11.3 Å². The Labute approximate surface area is 250 Å². The summed E-state index contributed by atoms with van der Waals surface area (Å²) in [6, 6.07) is 18.5. The second kappa shape index (κ2) is 12.0. The average molecular weight is 585 g/mol. The molecule has 0 unspecified atom stereocenters. The van der Waals surface area contributed by atoms with Gasteiger partial charge < -0.3 is 38.8 Å². The molecule has 224 valence electrons. The standard InChI is InChI=1S/C32H36N6O5/c1-39-28-18-25-26(19-29(28)40-2)34-32(35-31(25)33-23-4-6-24(7-5-23)37-13-15-41-16-14-37)38-11-9-36(10-12-38)20-22-3-8-27-30(17-22)43-21-42-27/h3-8,17-19H,9-16,20-21H2,1-2H3,(H,33,34,35). The van der Waals surface area contributed by atoms with Crippen molar-refractivity contribution in [3.05, 3.63) is 60.2 Å². The summed E-state index contributed by atoms with van der Waals surface area (Å²) in [6.07, 6.45) is 0. The summed E-state index contributed by atoms with van der Waals surface area (Å²) >= 11 is 0. The van der Waals surface area contributed by atoms with E-state index in [0.717, 1.165) is 92.9 Å². The molecule has 0 radical (unpaired) electrons. The molecule has 0 saturated carbocycles. The van der Waals surface area contributed by atoms with Crippen LogP contribution in [-0.4, -0.2) is 88.4 Å². The van der Waals surface area contributed by atoms with Crippen LogP contribution in [0.1, 0.15) is 5.56 Å². The van der Waals surface area contributed by atoms with E-state index in [4.69, 9.17) is 33.7 Å². The number of benzene rings is 3. The van der Waals surface area contributed by atoms with E-state index in [1.165, 1.54) is 11.3 Å². The Kier molecular flexibility index (Phi) is 7.65. The number of nitrogens with zero attached hydrogens (tertiary/aromatic N) is 5. The van der Waals surface area contributed by atoms with Gasteiger partial charge in [0.15, 0.2) is 23.0 Å². The fourth-order valence-electron chi connectivity index (χ4n) is 5.80. The lowest BCUT2D eigenvalue weighted by molar-refractivity contribution is 0.122. The number of methoxy groups -OCH3 is 2. The van der Waals surface area contributed by atoms with Crippen LogP contribution in [0.15, 0.2) is 54.6 Å². The Bertz CT molecular complexity index is 1590. The number of anilines is 4. The van der Waals surface area contributed by atoms with Crippen molar-refractivity contribution in [1.82, 2.24) is 14.9 Å². The first-order valence-corrected chi connectivity index (χ1v) is 14.7. The zero-order valence-corrected chi connectivity index (χ0v) is 24.5. The Hall–Kier alpha value is -4.48. The molecule has 0 amide bonds. The quantitative estimate of drug-likeness (QED) is 0.322. The summed E-state index contributed by atoms with van der Waals surface area (Å²) < 4.78 is 27.7. The lowest BCUT2D eigenvalue weighted by Crippen LogP contribution is -2.46. The molecule has 11 heteroatoms. The Balaban J connectivity index is 1.12. The molecule has 0 atom stereocenters. The summed E-state index contributed by atoms with van der Waals surface area (Å²) in [5.41, 5.74) is 4.14. The molecule has 0 bridgehead atoms. The van der Waals surface area contributed by atoms with Gasteiger partial charge in [-0.2, -0.15) is 4.98 Å². The highest BCUT2D eigenvalue weighted by molar-refractivity contribution is 5.94. The molecule has 3 aliphatic rings. The van der Waals surface area contributed by atoms with Crippen LogP contribution in [0, 0.1) is 0 Å². The molecule has 11 nitrogen and oxygen atoms in total. The van der Waals surface area contributed by atoms with Crippen molar-refractivity contribution in [1.29, 1.82) is 0 Å². The third-order valence-corrected chi connectivity index (χ3v) is 8.19. The van der Waals surface area contributed by atoms with Gasteiger partial charge in [0.1, 0.15) is 5.82 Å². The monoisotopic (exact) mass is 584 g/mol. The van der Waals surface area contributed by atoms with E-state index in [-0.39, 0.29) is 0 Å². The van der Waals surface area contributed by atoms with E-state index >= 15 is 0 Å². The zero-order valence-electron chi connectivity index (χ0n) is 24.5. The number of aromatic nitrogens is 2. The maximum absolute atomic E-state index is 5.61. The third kappa shape index (κ3) is 5.78. The van der Waals surface area contributed by atoms with Crippen LogP contribution in [0.5, 0.6) is 23.0 Å². The van der Waals surface area contributed by atoms with Crippen molar-refractivity contribution < 1.29 is 23.7 Å². The van der Waals surface area contributed by atoms with E-state index in [0.29, 0.717) is 24.2 Å². The van der Waals surface area contributed by atoms with E-state index in [2.05, 4.69) is 56.4 Å². The van der Waals surface area contributed by atoms with Crippen molar-refractivity contribution in [3.8, 4) is 23.0 Å². The molecule has 3 aromatic carbocycles. The number of hydrogen-bond donors (Lipinski definition) is 1. The molecular formula is C32H36N6O5. The Morgan fingerprint density at radius 3 is 2.28 bits per heavy atom. The highest BCUT2D eigenvalue weighted by atomic mass is 16.7. The van der Waals surface area contributed by atoms with Gasteiger partial charge in [-0.05, 0) is 48.0 Å². The minimum Gasteiger partial charge on any atom is -0.493 e. The fraction of sp³-hybridized carbons (Fsp3) is 0.375. The molecule has 3 aliphatic heterocycles. The molecule has 0 aliphatic carbocycles. The molecule has 2 fully saturated rings. The average Bonchev–Trinajstić information content (AvgIpc) is 3.53. The lowest BCUT2D eigenvalue weighted by atomic mass is 10.1. The van der Waals surface area contributed by atoms with Crippen LogP contribution >= 0.6 is 0 Å². The number of ether oxygens (including phenoxy) is 5. The van der Waals surface area contributed by atoms with Crippen molar-refractivity contribution >= 4 is 34.0 Å². The van der Waals surface area contributed by atoms with Gasteiger partial charge >= 0.3 is 0 Å². The van der Waals surface area contributed by atoms with E-state index in [1.54, 1.807) is 14.2 Å². The topological polar surface area (TPSA) is 93.7 Å². The summed E-state index contributed by atoms with van der Waals surface area (Å²) in [5, 5.41) is 4.42. The molecule has 4 heterocycles. The Morgan fingerprint density at radius 1 is 0.767 bits per heavy atom. The molecule has 1 aromatic heterocycles. The number of hydrogen-bond acceptors (Lipinski definition) is 11. The number of morpholine rings is 1. The third-order valence-electron chi connectivity index (χ3n) is 8.19. The number of rotatable bonds is 8. The SMILES string of the molecule is COc1cc2nc(N3CCN(Cc4ccc5c(c4)OCO5)CC3)nc(Nc3ccc(N4CCOCC4)cc3)c2cc1OC. The van der Waals surface area contributed by atoms with Crippen molar-refractivity contribution in [2.45, 2.75) is 6.54 Å². The lowest BCUT2D eigenvalue weighted by Gasteiger charge is -2.35. The summed E-state index contributed by atoms with van der Waals surface area (Å²) in [7, 11) is 3.28. The summed E-state index contributed by atoms with van der Waals surface area (Å²) in [4.78, 5) is 17.1. The molecule has 7 rings (SSSR count). The van der Waals surface area contributed by atoms with Gasteiger partial charge in [0, 0.05) is 68.6 Å². The maximum Gasteiger partial charge on any atom is 0.231 e. The minimum absolute atomic E-state index is 0.290. The molecular weight excluding hydrogens is 548 g/mol. The minimum atomic E-state index is 0.290. The first-order valence-electron chi connectivity index (χ1n) is 14.7. The second-order valence-corrected chi connectivity index (χ2v) is 10.8. The summed E-state index contributed by atoms with van der Waals surface area (Å²) in [6.45, 7) is 7.89. The van der Waals surface area contributed by atoms with Crippen molar-refractivity contribution in [2.75, 3.05) is 88.6 Å². The van der Waals surface area contributed by atoms with E-state index in [9.17, 15) is 0 Å². The highest BCUT2D eigenvalue weighted by Crippen LogP contribution is 2.37. The van der Waals surface area contributed by atoms with Gasteiger partial charge in [-0.1, -0.05) is 6.07 Å². The van der Waals surface area contributed by atoms with Crippen LogP contribution in [0.25, 0.3) is 10.9 Å². The molecule has 0 spiro atoms. The predicted molar refractivity (Wildman–Crippen MR) is 165 cm³/mol. The zero-order chi connectivity index (χ0) is 29.2. The maximum atomic E-state index is 5.61. The van der Waals surface area contributed by atoms with E-state index in [1.807, 2.05) is 18.2 Å². The number of nitrogens with one attached hydrogen (secondary N) is 1.